The molecular formula is C19H18Cl2N2O3. The molecule has 1 fully saturated rings. The molecule has 1 saturated heterocycles. The summed E-state index contributed by atoms with van der Waals surface area (Å²) in [7, 11) is 0. The fraction of sp³-hybridized carbons (Fsp3) is 0.263. The zero-order chi connectivity index (χ0) is 18.7. The van der Waals surface area contributed by atoms with Gasteiger partial charge in [-0.05, 0) is 37.6 Å². The average Bonchev–Trinajstić information content (AvgIpc) is 2.82. The maximum atomic E-state index is 12.8. The number of ether oxygens (including phenoxy) is 1. The molecule has 7 heteroatoms. The fourth-order valence-electron chi connectivity index (χ4n) is 2.91. The van der Waals surface area contributed by atoms with Crippen molar-refractivity contribution in [2.75, 3.05) is 13.2 Å². The Hall–Kier alpha value is -2.24. The second kappa shape index (κ2) is 7.56. The molecule has 1 N–H and O–H groups in total. The maximum Gasteiger partial charge on any atom is 0.325 e. The number of benzene rings is 2. The van der Waals surface area contributed by atoms with Crippen LogP contribution in [0, 0.1) is 0 Å². The summed E-state index contributed by atoms with van der Waals surface area (Å²) in [5.74, 6) is 0.411. The molecule has 0 radical (unpaired) electrons. The van der Waals surface area contributed by atoms with Crippen molar-refractivity contribution in [3.63, 3.8) is 0 Å². The second-order valence-electron chi connectivity index (χ2n) is 6.15. The van der Waals surface area contributed by atoms with Crippen molar-refractivity contribution in [1.29, 1.82) is 0 Å². The molecule has 26 heavy (non-hydrogen) atoms. The molecule has 1 aliphatic rings. The van der Waals surface area contributed by atoms with Gasteiger partial charge in [-0.25, -0.2) is 4.79 Å². The van der Waals surface area contributed by atoms with Gasteiger partial charge in [-0.15, -0.1) is 0 Å². The second-order valence-corrected chi connectivity index (χ2v) is 6.99. The van der Waals surface area contributed by atoms with E-state index in [2.05, 4.69) is 5.32 Å². The Kier molecular flexibility index (Phi) is 5.39. The minimum atomic E-state index is -1.21. The molecule has 0 saturated carbocycles. The van der Waals surface area contributed by atoms with E-state index in [1.165, 1.54) is 4.90 Å². The van der Waals surface area contributed by atoms with Gasteiger partial charge in [-0.2, -0.15) is 0 Å². The fourth-order valence-corrected chi connectivity index (χ4v) is 3.50. The first-order valence-corrected chi connectivity index (χ1v) is 8.95. The summed E-state index contributed by atoms with van der Waals surface area (Å²) < 4.78 is 5.60. The lowest BCUT2D eigenvalue weighted by Crippen LogP contribution is -2.41. The third-order valence-electron chi connectivity index (χ3n) is 4.28. The number of hydrogen-bond donors (Lipinski definition) is 1. The summed E-state index contributed by atoms with van der Waals surface area (Å²) >= 11 is 12.1. The quantitative estimate of drug-likeness (QED) is 0.590. The standard InChI is InChI=1S/C19H18Cl2N2O3/c1-19(15-9-8-13(20)12-16(15)21)17(24)23(18(25)22-19)10-5-11-26-14-6-3-2-4-7-14/h2-4,6-9,12H,5,10-11H2,1H3,(H,22,25). The predicted molar refractivity (Wildman–Crippen MR) is 101 cm³/mol. The molecule has 1 unspecified atom stereocenters. The van der Waals surface area contributed by atoms with Gasteiger partial charge in [0.05, 0.1) is 6.61 Å². The molecule has 5 nitrogen and oxygen atoms in total. The van der Waals surface area contributed by atoms with Crippen LogP contribution in [0.1, 0.15) is 18.9 Å². The Morgan fingerprint density at radius 3 is 2.54 bits per heavy atom. The van der Waals surface area contributed by atoms with Gasteiger partial charge in [0.15, 0.2) is 0 Å². The number of hydrogen-bond acceptors (Lipinski definition) is 3. The van der Waals surface area contributed by atoms with Crippen LogP contribution in [-0.4, -0.2) is 30.0 Å². The molecule has 1 aliphatic heterocycles. The number of urea groups is 1. The van der Waals surface area contributed by atoms with Crippen LogP contribution < -0.4 is 10.1 Å². The highest BCUT2D eigenvalue weighted by molar-refractivity contribution is 6.35. The minimum absolute atomic E-state index is 0.262. The van der Waals surface area contributed by atoms with E-state index in [9.17, 15) is 9.59 Å². The highest BCUT2D eigenvalue weighted by Crippen LogP contribution is 2.34. The van der Waals surface area contributed by atoms with E-state index >= 15 is 0 Å². The van der Waals surface area contributed by atoms with E-state index in [1.807, 2.05) is 30.3 Å². The zero-order valence-corrected chi connectivity index (χ0v) is 15.7. The van der Waals surface area contributed by atoms with Crippen LogP contribution in [0.15, 0.2) is 48.5 Å². The lowest BCUT2D eigenvalue weighted by Gasteiger charge is -2.23. The van der Waals surface area contributed by atoms with Crippen LogP contribution >= 0.6 is 23.2 Å². The number of imide groups is 1. The van der Waals surface area contributed by atoms with Crippen LogP contribution in [-0.2, 0) is 10.3 Å². The van der Waals surface area contributed by atoms with Crippen LogP contribution in [0.25, 0.3) is 0 Å². The number of nitrogens with one attached hydrogen (secondary N) is 1. The van der Waals surface area contributed by atoms with E-state index < -0.39 is 11.6 Å². The van der Waals surface area contributed by atoms with Gasteiger partial charge in [0, 0.05) is 22.2 Å². The molecule has 136 valence electrons. The number of nitrogens with zero attached hydrogens (tertiary/aromatic N) is 1. The Balaban J connectivity index is 1.65. The van der Waals surface area contributed by atoms with Crippen LogP contribution in [0.3, 0.4) is 0 Å². The van der Waals surface area contributed by atoms with Gasteiger partial charge >= 0.3 is 6.03 Å². The van der Waals surface area contributed by atoms with Crippen molar-refractivity contribution < 1.29 is 14.3 Å². The van der Waals surface area contributed by atoms with Gasteiger partial charge in [0.25, 0.3) is 5.91 Å². The molecular weight excluding hydrogens is 375 g/mol. The highest BCUT2D eigenvalue weighted by Gasteiger charge is 2.49. The van der Waals surface area contributed by atoms with Crippen molar-refractivity contribution in [3.05, 3.63) is 64.1 Å². The number of halogens is 2. The Bertz CT molecular complexity index is 829. The summed E-state index contributed by atoms with van der Waals surface area (Å²) in [6.07, 6.45) is 0.526. The molecule has 0 aromatic heterocycles. The van der Waals surface area contributed by atoms with Gasteiger partial charge in [0.1, 0.15) is 11.3 Å². The van der Waals surface area contributed by atoms with Gasteiger partial charge in [-0.1, -0.05) is 47.5 Å². The minimum Gasteiger partial charge on any atom is -0.494 e. The number of rotatable bonds is 6. The summed E-state index contributed by atoms with van der Waals surface area (Å²) in [6.45, 7) is 2.31. The average molecular weight is 393 g/mol. The summed E-state index contributed by atoms with van der Waals surface area (Å²) in [6, 6.07) is 13.8. The molecule has 2 aromatic rings. The molecule has 3 amide bonds. The van der Waals surface area contributed by atoms with Crippen molar-refractivity contribution in [2.24, 2.45) is 0 Å². The summed E-state index contributed by atoms with van der Waals surface area (Å²) in [4.78, 5) is 26.3. The Morgan fingerprint density at radius 1 is 1.12 bits per heavy atom. The lowest BCUT2D eigenvalue weighted by molar-refractivity contribution is -0.131. The number of para-hydroxylation sites is 1. The Morgan fingerprint density at radius 2 is 1.85 bits per heavy atom. The molecule has 1 atom stereocenters. The van der Waals surface area contributed by atoms with Crippen LogP contribution in [0.5, 0.6) is 5.75 Å². The van der Waals surface area contributed by atoms with E-state index in [0.29, 0.717) is 28.6 Å². The maximum absolute atomic E-state index is 12.8. The topological polar surface area (TPSA) is 58.6 Å². The molecule has 2 aromatic carbocycles. The van der Waals surface area contributed by atoms with E-state index in [0.717, 1.165) is 5.75 Å². The SMILES string of the molecule is CC1(c2ccc(Cl)cc2Cl)NC(=O)N(CCCOc2ccccc2)C1=O. The third-order valence-corrected chi connectivity index (χ3v) is 4.83. The first-order valence-electron chi connectivity index (χ1n) is 8.19. The van der Waals surface area contributed by atoms with Gasteiger partial charge in [-0.3, -0.25) is 9.69 Å². The van der Waals surface area contributed by atoms with E-state index in [4.69, 9.17) is 27.9 Å². The monoisotopic (exact) mass is 392 g/mol. The number of carbonyl (C=O) groups is 2. The first kappa shape index (κ1) is 18.5. The molecule has 1 heterocycles. The highest BCUT2D eigenvalue weighted by atomic mass is 35.5. The lowest BCUT2D eigenvalue weighted by atomic mass is 9.92. The van der Waals surface area contributed by atoms with Crippen LogP contribution in [0.2, 0.25) is 10.0 Å². The number of carbonyl (C=O) groups excluding carboxylic acids is 2. The molecule has 0 bridgehead atoms. The van der Waals surface area contributed by atoms with Gasteiger partial charge < -0.3 is 10.1 Å². The summed E-state index contributed by atoms with van der Waals surface area (Å²) in [5.41, 5.74) is -0.691. The Labute approximate surface area is 161 Å². The van der Waals surface area contributed by atoms with Crippen molar-refractivity contribution in [3.8, 4) is 5.75 Å². The van der Waals surface area contributed by atoms with Crippen molar-refractivity contribution in [1.82, 2.24) is 10.2 Å². The predicted octanol–water partition coefficient (Wildman–Crippen LogP) is 4.23. The molecule has 0 aliphatic carbocycles. The van der Waals surface area contributed by atoms with E-state index in [-0.39, 0.29) is 12.5 Å². The normalized spacial score (nSPS) is 19.6. The van der Waals surface area contributed by atoms with Gasteiger partial charge in [0.2, 0.25) is 0 Å². The smallest absolute Gasteiger partial charge is 0.325 e. The van der Waals surface area contributed by atoms with Crippen molar-refractivity contribution >= 4 is 35.1 Å². The molecule has 0 spiro atoms. The largest absolute Gasteiger partial charge is 0.494 e. The first-order chi connectivity index (χ1) is 12.4. The van der Waals surface area contributed by atoms with Crippen molar-refractivity contribution in [2.45, 2.75) is 18.9 Å². The summed E-state index contributed by atoms with van der Waals surface area (Å²) in [5, 5.41) is 3.54. The number of amides is 3. The van der Waals surface area contributed by atoms with Crippen LogP contribution in [0.4, 0.5) is 4.79 Å². The zero-order valence-electron chi connectivity index (χ0n) is 14.2. The third kappa shape index (κ3) is 3.64. The van der Waals surface area contributed by atoms with E-state index in [1.54, 1.807) is 25.1 Å². The molecule has 3 rings (SSSR count).